The molecular formula is C14H18N4S. The van der Waals surface area contributed by atoms with Crippen LogP contribution in [-0.4, -0.2) is 16.5 Å². The van der Waals surface area contributed by atoms with E-state index in [2.05, 4.69) is 46.5 Å². The predicted molar refractivity (Wildman–Crippen MR) is 81.3 cm³/mol. The second-order valence-electron chi connectivity index (χ2n) is 4.20. The fourth-order valence-corrected chi connectivity index (χ4v) is 2.69. The fraction of sp³-hybridized carbons (Fsp3) is 0.286. The number of nitrogens with two attached hydrogens (primary N) is 1. The molecule has 5 heteroatoms. The number of anilines is 2. The second kappa shape index (κ2) is 6.43. The smallest absolute Gasteiger partial charge is 0.223 e. The lowest BCUT2D eigenvalue weighted by atomic mass is 10.1. The minimum Gasteiger partial charge on any atom is -0.370 e. The van der Waals surface area contributed by atoms with Crippen LogP contribution in [0.5, 0.6) is 0 Å². The Morgan fingerprint density at radius 2 is 2.05 bits per heavy atom. The van der Waals surface area contributed by atoms with E-state index in [1.165, 1.54) is 11.1 Å². The fourth-order valence-electron chi connectivity index (χ4n) is 1.71. The topological polar surface area (TPSA) is 63.8 Å². The first-order valence-corrected chi connectivity index (χ1v) is 7.23. The van der Waals surface area contributed by atoms with Gasteiger partial charge in [0.25, 0.3) is 0 Å². The van der Waals surface area contributed by atoms with E-state index in [1.54, 1.807) is 11.8 Å². The Balaban J connectivity index is 2.09. The Hall–Kier alpha value is -1.75. The van der Waals surface area contributed by atoms with Gasteiger partial charge in [-0.25, -0.2) is 4.98 Å². The minimum atomic E-state index is 0.311. The van der Waals surface area contributed by atoms with Crippen LogP contribution in [0.4, 0.5) is 11.8 Å². The van der Waals surface area contributed by atoms with Gasteiger partial charge in [0.15, 0.2) is 0 Å². The SMILES string of the molecule is CCNc1cc(SCc2ccccc2C)nc(N)n1. The number of nitrogens with zero attached hydrogens (tertiary/aromatic N) is 2. The molecule has 2 rings (SSSR count). The predicted octanol–water partition coefficient (Wildman–Crippen LogP) is 3.09. The van der Waals surface area contributed by atoms with Crippen molar-refractivity contribution in [2.75, 3.05) is 17.6 Å². The Morgan fingerprint density at radius 1 is 1.26 bits per heavy atom. The zero-order valence-electron chi connectivity index (χ0n) is 11.2. The van der Waals surface area contributed by atoms with Gasteiger partial charge in [0.2, 0.25) is 5.95 Å². The van der Waals surface area contributed by atoms with Crippen molar-refractivity contribution in [3.05, 3.63) is 41.5 Å². The maximum atomic E-state index is 5.71. The molecule has 100 valence electrons. The van der Waals surface area contributed by atoms with Gasteiger partial charge in [0.05, 0.1) is 0 Å². The van der Waals surface area contributed by atoms with Crippen molar-refractivity contribution in [3.8, 4) is 0 Å². The average Bonchev–Trinajstić information content (AvgIpc) is 2.37. The maximum Gasteiger partial charge on any atom is 0.223 e. The molecule has 1 aromatic carbocycles. The van der Waals surface area contributed by atoms with Crippen molar-refractivity contribution >= 4 is 23.5 Å². The van der Waals surface area contributed by atoms with Crippen molar-refractivity contribution in [1.29, 1.82) is 0 Å². The summed E-state index contributed by atoms with van der Waals surface area (Å²) in [6.07, 6.45) is 0. The molecule has 4 nitrogen and oxygen atoms in total. The normalized spacial score (nSPS) is 10.4. The molecule has 0 spiro atoms. The van der Waals surface area contributed by atoms with Crippen LogP contribution in [0.3, 0.4) is 0 Å². The van der Waals surface area contributed by atoms with Crippen molar-refractivity contribution in [3.63, 3.8) is 0 Å². The number of aromatic nitrogens is 2. The Morgan fingerprint density at radius 3 is 2.79 bits per heavy atom. The van der Waals surface area contributed by atoms with Gasteiger partial charge in [-0.2, -0.15) is 4.98 Å². The number of hydrogen-bond acceptors (Lipinski definition) is 5. The second-order valence-corrected chi connectivity index (χ2v) is 5.19. The Labute approximate surface area is 117 Å². The average molecular weight is 274 g/mol. The molecule has 0 unspecified atom stereocenters. The summed E-state index contributed by atoms with van der Waals surface area (Å²) >= 11 is 1.67. The van der Waals surface area contributed by atoms with E-state index in [-0.39, 0.29) is 0 Å². The van der Waals surface area contributed by atoms with Gasteiger partial charge in [-0.05, 0) is 25.0 Å². The first kappa shape index (κ1) is 13.7. The standard InChI is InChI=1S/C14H18N4S/c1-3-16-12-8-13(18-14(15)17-12)19-9-11-7-5-4-6-10(11)2/h4-8H,3,9H2,1-2H3,(H3,15,16,17,18). The van der Waals surface area contributed by atoms with Crippen molar-refractivity contribution in [2.24, 2.45) is 0 Å². The molecule has 0 bridgehead atoms. The molecule has 19 heavy (non-hydrogen) atoms. The molecule has 0 amide bonds. The highest BCUT2D eigenvalue weighted by Crippen LogP contribution is 2.24. The van der Waals surface area contributed by atoms with E-state index < -0.39 is 0 Å². The summed E-state index contributed by atoms with van der Waals surface area (Å²) in [5.74, 6) is 1.97. The number of aryl methyl sites for hydroxylation is 1. The van der Waals surface area contributed by atoms with Crippen molar-refractivity contribution in [2.45, 2.75) is 24.6 Å². The van der Waals surface area contributed by atoms with Crippen LogP contribution in [0, 0.1) is 6.92 Å². The molecule has 0 atom stereocenters. The number of hydrogen-bond donors (Lipinski definition) is 2. The molecule has 0 aliphatic rings. The molecule has 0 radical (unpaired) electrons. The maximum absolute atomic E-state index is 5.71. The summed E-state index contributed by atoms with van der Waals surface area (Å²) in [5.41, 5.74) is 8.32. The molecule has 0 saturated carbocycles. The third-order valence-corrected chi connectivity index (χ3v) is 3.67. The van der Waals surface area contributed by atoms with E-state index in [1.807, 2.05) is 13.0 Å². The van der Waals surface area contributed by atoms with E-state index in [4.69, 9.17) is 5.73 Å². The first-order chi connectivity index (χ1) is 9.19. The van der Waals surface area contributed by atoms with Gasteiger partial charge in [-0.15, -0.1) is 11.8 Å². The van der Waals surface area contributed by atoms with Gasteiger partial charge in [-0.1, -0.05) is 24.3 Å². The molecule has 1 heterocycles. The molecule has 2 aromatic rings. The summed E-state index contributed by atoms with van der Waals surface area (Å²) in [5, 5.41) is 4.05. The number of nitrogen functional groups attached to an aromatic ring is 1. The summed E-state index contributed by atoms with van der Waals surface area (Å²) in [6, 6.07) is 10.3. The van der Waals surface area contributed by atoms with Gasteiger partial charge in [-0.3, -0.25) is 0 Å². The highest BCUT2D eigenvalue weighted by Gasteiger charge is 2.04. The lowest BCUT2D eigenvalue weighted by Gasteiger charge is -2.07. The monoisotopic (exact) mass is 274 g/mol. The third-order valence-electron chi connectivity index (χ3n) is 2.71. The van der Waals surface area contributed by atoms with Gasteiger partial charge in [0.1, 0.15) is 10.8 Å². The molecule has 0 aliphatic heterocycles. The molecule has 0 saturated heterocycles. The number of nitrogens with one attached hydrogen (secondary N) is 1. The van der Waals surface area contributed by atoms with E-state index in [0.29, 0.717) is 5.95 Å². The Bertz CT molecular complexity index is 557. The van der Waals surface area contributed by atoms with Crippen LogP contribution in [0.15, 0.2) is 35.4 Å². The number of benzene rings is 1. The van der Waals surface area contributed by atoms with Crippen LogP contribution in [0.25, 0.3) is 0 Å². The lowest BCUT2D eigenvalue weighted by molar-refractivity contribution is 1.04. The summed E-state index contributed by atoms with van der Waals surface area (Å²) < 4.78 is 0. The summed E-state index contributed by atoms with van der Waals surface area (Å²) in [7, 11) is 0. The largest absolute Gasteiger partial charge is 0.370 e. The number of rotatable bonds is 5. The van der Waals surface area contributed by atoms with Gasteiger partial charge in [0, 0.05) is 18.4 Å². The van der Waals surface area contributed by atoms with Crippen molar-refractivity contribution < 1.29 is 0 Å². The van der Waals surface area contributed by atoms with Crippen LogP contribution >= 0.6 is 11.8 Å². The van der Waals surface area contributed by atoms with E-state index in [0.717, 1.165) is 23.1 Å². The van der Waals surface area contributed by atoms with Crippen LogP contribution < -0.4 is 11.1 Å². The first-order valence-electron chi connectivity index (χ1n) is 6.24. The number of thioether (sulfide) groups is 1. The molecule has 3 N–H and O–H groups in total. The molecule has 1 aromatic heterocycles. The highest BCUT2D eigenvalue weighted by atomic mass is 32.2. The minimum absolute atomic E-state index is 0.311. The van der Waals surface area contributed by atoms with Crippen LogP contribution in [0.2, 0.25) is 0 Å². The van der Waals surface area contributed by atoms with E-state index in [9.17, 15) is 0 Å². The molecule has 0 fully saturated rings. The van der Waals surface area contributed by atoms with Crippen LogP contribution in [0.1, 0.15) is 18.1 Å². The zero-order valence-corrected chi connectivity index (χ0v) is 12.0. The van der Waals surface area contributed by atoms with Crippen molar-refractivity contribution in [1.82, 2.24) is 9.97 Å². The van der Waals surface area contributed by atoms with Gasteiger partial charge < -0.3 is 11.1 Å². The quantitative estimate of drug-likeness (QED) is 0.648. The summed E-state index contributed by atoms with van der Waals surface area (Å²) in [6.45, 7) is 4.96. The highest BCUT2D eigenvalue weighted by molar-refractivity contribution is 7.98. The summed E-state index contributed by atoms with van der Waals surface area (Å²) in [4.78, 5) is 8.39. The Kier molecular flexibility index (Phi) is 4.63. The van der Waals surface area contributed by atoms with Crippen LogP contribution in [-0.2, 0) is 5.75 Å². The van der Waals surface area contributed by atoms with E-state index >= 15 is 0 Å². The molecule has 0 aliphatic carbocycles. The molecular weight excluding hydrogens is 256 g/mol. The van der Waals surface area contributed by atoms with Gasteiger partial charge >= 0.3 is 0 Å². The third kappa shape index (κ3) is 3.86. The lowest BCUT2D eigenvalue weighted by Crippen LogP contribution is -2.04. The zero-order chi connectivity index (χ0) is 13.7.